The van der Waals surface area contributed by atoms with Crippen LogP contribution in [0.1, 0.15) is 25.3 Å². The van der Waals surface area contributed by atoms with Crippen LogP contribution < -0.4 is 5.32 Å². The number of benzene rings is 1. The van der Waals surface area contributed by atoms with Crippen LogP contribution >= 0.6 is 15.9 Å². The Balaban J connectivity index is 2.54. The zero-order chi connectivity index (χ0) is 15.0. The maximum atomic E-state index is 11.5. The number of alkyl carbamates (subject to hydrolysis) is 1. The van der Waals surface area contributed by atoms with Crippen LogP contribution in [0.25, 0.3) is 0 Å². The van der Waals surface area contributed by atoms with Gasteiger partial charge in [0.05, 0.1) is 6.61 Å². The first-order chi connectivity index (χ1) is 9.52. The normalized spacial score (nSPS) is 11.7. The summed E-state index contributed by atoms with van der Waals surface area (Å²) >= 11 is 3.31. The Morgan fingerprint density at radius 1 is 1.35 bits per heavy atom. The Kier molecular flexibility index (Phi) is 7.08. The molecule has 0 saturated carbocycles. The van der Waals surface area contributed by atoms with Crippen molar-refractivity contribution in [3.8, 4) is 0 Å². The third-order valence-corrected chi connectivity index (χ3v) is 3.20. The summed E-state index contributed by atoms with van der Waals surface area (Å²) in [6, 6.07) is 6.28. The van der Waals surface area contributed by atoms with Crippen molar-refractivity contribution in [2.75, 3.05) is 6.61 Å². The van der Waals surface area contributed by atoms with Crippen LogP contribution in [-0.2, 0) is 16.0 Å². The number of unbranched alkanes of at least 4 members (excludes halogenated alkanes) is 1. The molecular weight excluding hydrogens is 326 g/mol. The monoisotopic (exact) mass is 343 g/mol. The first-order valence-electron chi connectivity index (χ1n) is 6.43. The van der Waals surface area contributed by atoms with Gasteiger partial charge in [0.1, 0.15) is 6.04 Å². The second-order valence-electron chi connectivity index (χ2n) is 4.36. The summed E-state index contributed by atoms with van der Waals surface area (Å²) < 4.78 is 5.82. The standard InChI is InChI=1S/C14H18BrNO4/c1-2-3-8-20-14(19)16-12(13(17)18)9-10-4-6-11(15)7-5-10/h4-7,12H,2-3,8-9H2,1H3,(H,16,19)(H,17,18). The van der Waals surface area contributed by atoms with Crippen LogP contribution in [0.2, 0.25) is 0 Å². The van der Waals surface area contributed by atoms with Gasteiger partial charge in [0.25, 0.3) is 0 Å². The molecule has 110 valence electrons. The number of nitrogens with one attached hydrogen (secondary N) is 1. The van der Waals surface area contributed by atoms with E-state index in [0.717, 1.165) is 22.9 Å². The molecule has 0 aliphatic heterocycles. The van der Waals surface area contributed by atoms with E-state index >= 15 is 0 Å². The van der Waals surface area contributed by atoms with Gasteiger partial charge in [0.15, 0.2) is 0 Å². The molecule has 0 fully saturated rings. The lowest BCUT2D eigenvalue weighted by molar-refractivity contribution is -0.139. The Hall–Kier alpha value is -1.56. The van der Waals surface area contributed by atoms with E-state index in [-0.39, 0.29) is 6.42 Å². The molecule has 1 rings (SSSR count). The number of hydrogen-bond donors (Lipinski definition) is 2. The summed E-state index contributed by atoms with van der Waals surface area (Å²) in [7, 11) is 0. The van der Waals surface area contributed by atoms with Crippen molar-refractivity contribution >= 4 is 28.0 Å². The minimum Gasteiger partial charge on any atom is -0.480 e. The average molecular weight is 344 g/mol. The second-order valence-corrected chi connectivity index (χ2v) is 5.27. The van der Waals surface area contributed by atoms with E-state index in [1.165, 1.54) is 0 Å². The highest BCUT2D eigenvalue weighted by Gasteiger charge is 2.21. The number of halogens is 1. The largest absolute Gasteiger partial charge is 0.480 e. The molecule has 0 aliphatic carbocycles. The van der Waals surface area contributed by atoms with Crippen molar-refractivity contribution in [2.45, 2.75) is 32.2 Å². The number of carbonyl (C=O) groups excluding carboxylic acids is 1. The van der Waals surface area contributed by atoms with Crippen LogP contribution in [0, 0.1) is 0 Å². The van der Waals surface area contributed by atoms with Gasteiger partial charge in [0.2, 0.25) is 0 Å². The number of aliphatic carboxylic acids is 1. The predicted octanol–water partition coefficient (Wildman–Crippen LogP) is 2.97. The number of carboxylic acids is 1. The molecule has 0 heterocycles. The average Bonchev–Trinajstić information content (AvgIpc) is 2.40. The van der Waals surface area contributed by atoms with Crippen molar-refractivity contribution in [2.24, 2.45) is 0 Å². The van der Waals surface area contributed by atoms with Crippen LogP contribution in [0.5, 0.6) is 0 Å². The second kappa shape index (κ2) is 8.58. The quantitative estimate of drug-likeness (QED) is 0.746. The number of rotatable bonds is 7. The molecule has 0 bridgehead atoms. The van der Waals surface area contributed by atoms with E-state index in [2.05, 4.69) is 21.2 Å². The highest BCUT2D eigenvalue weighted by molar-refractivity contribution is 9.10. The molecule has 1 atom stereocenters. The Labute approximate surface area is 126 Å². The Morgan fingerprint density at radius 3 is 2.55 bits per heavy atom. The van der Waals surface area contributed by atoms with Crippen molar-refractivity contribution < 1.29 is 19.4 Å². The highest BCUT2D eigenvalue weighted by atomic mass is 79.9. The maximum absolute atomic E-state index is 11.5. The van der Waals surface area contributed by atoms with E-state index in [4.69, 9.17) is 9.84 Å². The molecule has 0 spiro atoms. The summed E-state index contributed by atoms with van der Waals surface area (Å²) in [6.45, 7) is 2.28. The third kappa shape index (κ3) is 6.06. The van der Waals surface area contributed by atoms with Crippen LogP contribution in [0.4, 0.5) is 4.79 Å². The zero-order valence-electron chi connectivity index (χ0n) is 11.3. The molecule has 1 amide bonds. The summed E-state index contributed by atoms with van der Waals surface area (Å²) in [5, 5.41) is 11.5. The molecule has 1 aromatic carbocycles. The number of hydrogen-bond acceptors (Lipinski definition) is 3. The molecule has 1 unspecified atom stereocenters. The molecule has 0 saturated heterocycles. The summed E-state index contributed by atoms with van der Waals surface area (Å²) in [4.78, 5) is 22.6. The van der Waals surface area contributed by atoms with Gasteiger partial charge in [-0.1, -0.05) is 41.4 Å². The topological polar surface area (TPSA) is 75.6 Å². The minimum absolute atomic E-state index is 0.214. The molecule has 0 aliphatic rings. The lowest BCUT2D eigenvalue weighted by Crippen LogP contribution is -2.42. The van der Waals surface area contributed by atoms with E-state index in [1.54, 1.807) is 0 Å². The van der Waals surface area contributed by atoms with Gasteiger partial charge in [-0.15, -0.1) is 0 Å². The first kappa shape index (κ1) is 16.5. The van der Waals surface area contributed by atoms with E-state index in [9.17, 15) is 9.59 Å². The van der Waals surface area contributed by atoms with Crippen molar-refractivity contribution in [3.05, 3.63) is 34.3 Å². The lowest BCUT2D eigenvalue weighted by atomic mass is 10.1. The fraction of sp³-hybridized carbons (Fsp3) is 0.429. The predicted molar refractivity (Wildman–Crippen MR) is 78.7 cm³/mol. The van der Waals surface area contributed by atoms with Crippen molar-refractivity contribution in [3.63, 3.8) is 0 Å². The van der Waals surface area contributed by atoms with Gasteiger partial charge >= 0.3 is 12.1 Å². The van der Waals surface area contributed by atoms with Crippen molar-refractivity contribution in [1.82, 2.24) is 5.32 Å². The lowest BCUT2D eigenvalue weighted by Gasteiger charge is -2.14. The smallest absolute Gasteiger partial charge is 0.407 e. The minimum atomic E-state index is -1.08. The molecule has 0 radical (unpaired) electrons. The summed E-state index contributed by atoms with van der Waals surface area (Å²) in [5.74, 6) is -1.08. The summed E-state index contributed by atoms with van der Waals surface area (Å²) in [6.07, 6.45) is 1.20. The molecule has 1 aromatic rings. The molecule has 2 N–H and O–H groups in total. The van der Waals surface area contributed by atoms with Gasteiger partial charge in [-0.25, -0.2) is 9.59 Å². The number of carboxylic acid groups (broad SMARTS) is 1. The van der Waals surface area contributed by atoms with Gasteiger partial charge in [0, 0.05) is 10.9 Å². The van der Waals surface area contributed by atoms with E-state index in [1.807, 2.05) is 31.2 Å². The van der Waals surface area contributed by atoms with Crippen LogP contribution in [-0.4, -0.2) is 29.8 Å². The Morgan fingerprint density at radius 2 is 2.00 bits per heavy atom. The van der Waals surface area contributed by atoms with E-state index in [0.29, 0.717) is 6.61 Å². The van der Waals surface area contributed by atoms with Crippen LogP contribution in [0.15, 0.2) is 28.7 Å². The molecule has 20 heavy (non-hydrogen) atoms. The van der Waals surface area contributed by atoms with Gasteiger partial charge in [-0.3, -0.25) is 0 Å². The van der Waals surface area contributed by atoms with Crippen molar-refractivity contribution in [1.29, 1.82) is 0 Å². The van der Waals surface area contributed by atoms with Gasteiger partial charge < -0.3 is 15.2 Å². The highest BCUT2D eigenvalue weighted by Crippen LogP contribution is 2.12. The molecule has 0 aromatic heterocycles. The molecular formula is C14H18BrNO4. The Bertz CT molecular complexity index is 447. The maximum Gasteiger partial charge on any atom is 0.407 e. The zero-order valence-corrected chi connectivity index (χ0v) is 12.9. The fourth-order valence-electron chi connectivity index (χ4n) is 1.55. The van der Waals surface area contributed by atoms with Crippen LogP contribution in [0.3, 0.4) is 0 Å². The summed E-state index contributed by atoms with van der Waals surface area (Å²) in [5.41, 5.74) is 0.828. The SMILES string of the molecule is CCCCOC(=O)NC(Cc1ccc(Br)cc1)C(=O)O. The third-order valence-electron chi connectivity index (χ3n) is 2.67. The number of carbonyl (C=O) groups is 2. The molecule has 5 nitrogen and oxygen atoms in total. The van der Waals surface area contributed by atoms with Gasteiger partial charge in [-0.05, 0) is 24.1 Å². The molecule has 6 heteroatoms. The first-order valence-corrected chi connectivity index (χ1v) is 7.22. The number of ether oxygens (including phenoxy) is 1. The van der Waals surface area contributed by atoms with Gasteiger partial charge in [-0.2, -0.15) is 0 Å². The number of amides is 1. The van der Waals surface area contributed by atoms with E-state index < -0.39 is 18.1 Å². The fourth-order valence-corrected chi connectivity index (χ4v) is 1.81.